The SMILES string of the molecule is CCc1ccccc1N(CC(=O)NCCCc1ccccc1)S(C)(=O)=O. The van der Waals surface area contributed by atoms with Gasteiger partial charge in [-0.2, -0.15) is 0 Å². The van der Waals surface area contributed by atoms with E-state index in [1.807, 2.05) is 37.3 Å². The Balaban J connectivity index is 1.95. The van der Waals surface area contributed by atoms with Gasteiger partial charge in [0.05, 0.1) is 11.9 Å². The van der Waals surface area contributed by atoms with Crippen LogP contribution < -0.4 is 9.62 Å². The summed E-state index contributed by atoms with van der Waals surface area (Å²) in [6.07, 6.45) is 3.50. The fourth-order valence-electron chi connectivity index (χ4n) is 2.79. The molecule has 0 aliphatic heterocycles. The van der Waals surface area contributed by atoms with Crippen molar-refractivity contribution in [3.8, 4) is 0 Å². The van der Waals surface area contributed by atoms with Crippen molar-refractivity contribution in [3.63, 3.8) is 0 Å². The van der Waals surface area contributed by atoms with Crippen molar-refractivity contribution in [2.24, 2.45) is 0 Å². The summed E-state index contributed by atoms with van der Waals surface area (Å²) in [4.78, 5) is 12.3. The maximum absolute atomic E-state index is 12.3. The number of benzene rings is 2. The first kappa shape index (κ1) is 20.0. The molecule has 0 bridgehead atoms. The van der Waals surface area contributed by atoms with Gasteiger partial charge in [0, 0.05) is 6.54 Å². The highest BCUT2D eigenvalue weighted by Gasteiger charge is 2.22. The molecule has 2 aromatic carbocycles. The Bertz CT molecular complexity index is 820. The van der Waals surface area contributed by atoms with E-state index >= 15 is 0 Å². The van der Waals surface area contributed by atoms with Gasteiger partial charge >= 0.3 is 0 Å². The predicted molar refractivity (Wildman–Crippen MR) is 106 cm³/mol. The number of nitrogens with zero attached hydrogens (tertiary/aromatic N) is 1. The zero-order valence-electron chi connectivity index (χ0n) is 15.3. The number of sulfonamides is 1. The van der Waals surface area contributed by atoms with Crippen LogP contribution in [0.5, 0.6) is 0 Å². The lowest BCUT2D eigenvalue weighted by atomic mass is 10.1. The zero-order chi connectivity index (χ0) is 19.0. The number of hydrogen-bond donors (Lipinski definition) is 1. The minimum Gasteiger partial charge on any atom is -0.355 e. The van der Waals surface area contributed by atoms with Gasteiger partial charge in [-0.15, -0.1) is 0 Å². The van der Waals surface area contributed by atoms with Crippen molar-refractivity contribution in [2.45, 2.75) is 26.2 Å². The van der Waals surface area contributed by atoms with Gasteiger partial charge in [0.15, 0.2) is 0 Å². The molecule has 2 aromatic rings. The molecular weight excluding hydrogens is 348 g/mol. The zero-order valence-corrected chi connectivity index (χ0v) is 16.1. The standard InChI is InChI=1S/C20H26N2O3S/c1-3-18-13-7-8-14-19(18)22(26(2,24)25)16-20(23)21-15-9-12-17-10-5-4-6-11-17/h4-8,10-11,13-14H,3,9,12,15-16H2,1-2H3,(H,21,23). The van der Waals surface area contributed by atoms with Crippen molar-refractivity contribution < 1.29 is 13.2 Å². The van der Waals surface area contributed by atoms with Crippen LogP contribution in [0.25, 0.3) is 0 Å². The number of rotatable bonds is 9. The minimum absolute atomic E-state index is 0.207. The van der Waals surface area contributed by atoms with E-state index < -0.39 is 10.0 Å². The number of carbonyl (C=O) groups is 1. The van der Waals surface area contributed by atoms with E-state index in [2.05, 4.69) is 17.4 Å². The Labute approximate surface area is 156 Å². The van der Waals surface area contributed by atoms with Crippen LogP contribution in [0.15, 0.2) is 54.6 Å². The lowest BCUT2D eigenvalue weighted by Gasteiger charge is -2.24. The summed E-state index contributed by atoms with van der Waals surface area (Å²) in [6, 6.07) is 17.3. The number of aryl methyl sites for hydroxylation is 2. The Hall–Kier alpha value is -2.34. The van der Waals surface area contributed by atoms with Crippen LogP contribution in [-0.4, -0.2) is 33.7 Å². The molecule has 0 aliphatic carbocycles. The fourth-order valence-corrected chi connectivity index (χ4v) is 3.67. The van der Waals surface area contributed by atoms with Gasteiger partial charge in [0.1, 0.15) is 6.54 Å². The van der Waals surface area contributed by atoms with Gasteiger partial charge < -0.3 is 5.32 Å². The maximum Gasteiger partial charge on any atom is 0.240 e. The van der Waals surface area contributed by atoms with Crippen molar-refractivity contribution in [1.29, 1.82) is 0 Å². The van der Waals surface area contributed by atoms with E-state index in [9.17, 15) is 13.2 Å². The summed E-state index contributed by atoms with van der Waals surface area (Å²) in [5.74, 6) is -0.297. The summed E-state index contributed by atoms with van der Waals surface area (Å²) in [5.41, 5.74) is 2.68. The van der Waals surface area contributed by atoms with Crippen LogP contribution in [0, 0.1) is 0 Å². The minimum atomic E-state index is -3.55. The number of carbonyl (C=O) groups excluding carboxylic acids is 1. The summed E-state index contributed by atoms with van der Waals surface area (Å²) < 4.78 is 25.6. The van der Waals surface area contributed by atoms with E-state index in [-0.39, 0.29) is 12.5 Å². The number of amides is 1. The molecular formula is C20H26N2O3S. The van der Waals surface area contributed by atoms with Crippen LogP contribution in [0.3, 0.4) is 0 Å². The van der Waals surface area contributed by atoms with E-state index in [1.54, 1.807) is 12.1 Å². The molecule has 0 heterocycles. The quantitative estimate of drug-likeness (QED) is 0.687. The van der Waals surface area contributed by atoms with Gasteiger partial charge in [-0.05, 0) is 36.5 Å². The Morgan fingerprint density at radius 2 is 1.69 bits per heavy atom. The average Bonchev–Trinajstić information content (AvgIpc) is 2.63. The molecule has 0 atom stereocenters. The second kappa shape index (κ2) is 9.38. The molecule has 0 saturated carbocycles. The van der Waals surface area contributed by atoms with Crippen LogP contribution in [-0.2, 0) is 27.7 Å². The highest BCUT2D eigenvalue weighted by atomic mass is 32.2. The molecule has 26 heavy (non-hydrogen) atoms. The smallest absolute Gasteiger partial charge is 0.240 e. The first-order valence-corrected chi connectivity index (χ1v) is 10.6. The summed E-state index contributed by atoms with van der Waals surface area (Å²) >= 11 is 0. The molecule has 0 aliphatic rings. The monoisotopic (exact) mass is 374 g/mol. The first-order chi connectivity index (χ1) is 12.4. The van der Waals surface area contributed by atoms with Gasteiger partial charge in [-0.3, -0.25) is 9.10 Å². The molecule has 140 valence electrons. The number of anilines is 1. The largest absolute Gasteiger partial charge is 0.355 e. The molecule has 1 N–H and O–H groups in total. The van der Waals surface area contributed by atoms with Crippen molar-refractivity contribution in [1.82, 2.24) is 5.32 Å². The molecule has 5 nitrogen and oxygen atoms in total. The first-order valence-electron chi connectivity index (χ1n) is 8.78. The van der Waals surface area contributed by atoms with E-state index in [4.69, 9.17) is 0 Å². The van der Waals surface area contributed by atoms with Crippen LogP contribution in [0.4, 0.5) is 5.69 Å². The molecule has 0 unspecified atom stereocenters. The van der Waals surface area contributed by atoms with Gasteiger partial charge in [-0.1, -0.05) is 55.5 Å². The Kier molecular flexibility index (Phi) is 7.21. The number of para-hydroxylation sites is 1. The van der Waals surface area contributed by atoms with Crippen LogP contribution >= 0.6 is 0 Å². The molecule has 0 fully saturated rings. The summed E-state index contributed by atoms with van der Waals surface area (Å²) in [5, 5.41) is 2.82. The normalized spacial score (nSPS) is 11.2. The highest BCUT2D eigenvalue weighted by molar-refractivity contribution is 7.92. The lowest BCUT2D eigenvalue weighted by molar-refractivity contribution is -0.119. The third-order valence-corrected chi connectivity index (χ3v) is 5.26. The Morgan fingerprint density at radius 1 is 1.04 bits per heavy atom. The van der Waals surface area contributed by atoms with Gasteiger partial charge in [0.2, 0.25) is 15.9 Å². The maximum atomic E-state index is 12.3. The van der Waals surface area contributed by atoms with Crippen LogP contribution in [0.1, 0.15) is 24.5 Å². The fraction of sp³-hybridized carbons (Fsp3) is 0.350. The molecule has 2 rings (SSSR count). The lowest BCUT2D eigenvalue weighted by Crippen LogP contribution is -2.41. The van der Waals surface area contributed by atoms with E-state index in [1.165, 1.54) is 9.87 Å². The van der Waals surface area contributed by atoms with E-state index in [0.29, 0.717) is 18.7 Å². The number of nitrogens with one attached hydrogen (secondary N) is 1. The third kappa shape index (κ3) is 5.88. The van der Waals surface area contributed by atoms with E-state index in [0.717, 1.165) is 24.7 Å². The molecule has 1 amide bonds. The van der Waals surface area contributed by atoms with Gasteiger partial charge in [0.25, 0.3) is 0 Å². The molecule has 0 spiro atoms. The summed E-state index contributed by atoms with van der Waals surface area (Å²) in [6.45, 7) is 2.27. The summed E-state index contributed by atoms with van der Waals surface area (Å²) in [7, 11) is -3.55. The number of hydrogen-bond acceptors (Lipinski definition) is 3. The average molecular weight is 375 g/mol. The second-order valence-corrected chi connectivity index (χ2v) is 8.10. The van der Waals surface area contributed by atoms with Crippen molar-refractivity contribution in [2.75, 3.05) is 23.7 Å². The second-order valence-electron chi connectivity index (χ2n) is 6.19. The van der Waals surface area contributed by atoms with Crippen molar-refractivity contribution >= 4 is 21.6 Å². The molecule has 0 radical (unpaired) electrons. The third-order valence-electron chi connectivity index (χ3n) is 4.14. The molecule has 0 aromatic heterocycles. The molecule has 6 heteroatoms. The molecule has 0 saturated heterocycles. The Morgan fingerprint density at radius 3 is 2.35 bits per heavy atom. The van der Waals surface area contributed by atoms with Crippen molar-refractivity contribution in [3.05, 3.63) is 65.7 Å². The highest BCUT2D eigenvalue weighted by Crippen LogP contribution is 2.23. The topological polar surface area (TPSA) is 66.5 Å². The predicted octanol–water partition coefficient (Wildman–Crippen LogP) is 2.76. The van der Waals surface area contributed by atoms with Crippen LogP contribution in [0.2, 0.25) is 0 Å². The van der Waals surface area contributed by atoms with Gasteiger partial charge in [-0.25, -0.2) is 8.42 Å².